The van der Waals surface area contributed by atoms with Gasteiger partial charge < -0.3 is 11.1 Å². The summed E-state index contributed by atoms with van der Waals surface area (Å²) in [4.78, 5) is 0.315. The summed E-state index contributed by atoms with van der Waals surface area (Å²) in [5.41, 5.74) is 6.80. The molecule has 0 spiro atoms. The number of sulfone groups is 1. The fourth-order valence-electron chi connectivity index (χ4n) is 1.49. The van der Waals surface area contributed by atoms with Crippen molar-refractivity contribution >= 4 is 9.84 Å². The summed E-state index contributed by atoms with van der Waals surface area (Å²) >= 11 is 0. The molecular weight excluding hydrogens is 236 g/mol. The lowest BCUT2D eigenvalue weighted by atomic mass is 9.90. The number of hydrogen-bond acceptors (Lipinski definition) is 4. The summed E-state index contributed by atoms with van der Waals surface area (Å²) in [6.07, 6.45) is 1.19. The maximum absolute atomic E-state index is 11.3. The Labute approximate surface area is 103 Å². The number of nitrogens with one attached hydrogen (secondary N) is 1. The van der Waals surface area contributed by atoms with E-state index >= 15 is 0 Å². The summed E-state index contributed by atoms with van der Waals surface area (Å²) in [7, 11) is -1.29. The van der Waals surface area contributed by atoms with Crippen LogP contribution in [0.15, 0.2) is 29.2 Å². The van der Waals surface area contributed by atoms with Crippen LogP contribution < -0.4 is 11.1 Å². The van der Waals surface area contributed by atoms with Crippen LogP contribution in [0.5, 0.6) is 0 Å². The Morgan fingerprint density at radius 2 is 1.71 bits per heavy atom. The molecule has 0 heterocycles. The first-order valence-corrected chi connectivity index (χ1v) is 7.32. The van der Waals surface area contributed by atoms with Crippen molar-refractivity contribution in [3.63, 3.8) is 0 Å². The smallest absolute Gasteiger partial charge is 0.175 e. The van der Waals surface area contributed by atoms with Gasteiger partial charge in [-0.05, 0) is 38.6 Å². The second-order valence-electron chi connectivity index (χ2n) is 4.79. The quantitative estimate of drug-likeness (QED) is 0.846. The van der Waals surface area contributed by atoms with E-state index in [9.17, 15) is 8.42 Å². The highest BCUT2D eigenvalue weighted by atomic mass is 32.2. The Kier molecular flexibility index (Phi) is 3.96. The highest BCUT2D eigenvalue weighted by Crippen LogP contribution is 2.23. The van der Waals surface area contributed by atoms with Crippen molar-refractivity contribution in [3.05, 3.63) is 29.8 Å². The molecule has 0 bridgehead atoms. The SMILES string of the molecule is CNC(C)(C)C(N)c1ccc(S(C)(=O)=O)cc1. The van der Waals surface area contributed by atoms with E-state index in [0.717, 1.165) is 5.56 Å². The largest absolute Gasteiger partial charge is 0.322 e. The van der Waals surface area contributed by atoms with Crippen molar-refractivity contribution in [2.45, 2.75) is 30.3 Å². The molecule has 0 aliphatic heterocycles. The summed E-state index contributed by atoms with van der Waals surface area (Å²) < 4.78 is 22.6. The van der Waals surface area contributed by atoms with Crippen LogP contribution in [0.2, 0.25) is 0 Å². The number of likely N-dealkylation sites (N-methyl/N-ethyl adjacent to an activating group) is 1. The fourth-order valence-corrected chi connectivity index (χ4v) is 2.12. The van der Waals surface area contributed by atoms with Gasteiger partial charge in [0.2, 0.25) is 0 Å². The molecule has 0 amide bonds. The first-order chi connectivity index (χ1) is 7.68. The highest BCUT2D eigenvalue weighted by Gasteiger charge is 2.25. The predicted molar refractivity (Wildman–Crippen MR) is 69.6 cm³/mol. The minimum Gasteiger partial charge on any atom is -0.322 e. The average molecular weight is 256 g/mol. The van der Waals surface area contributed by atoms with E-state index in [0.29, 0.717) is 4.90 Å². The summed E-state index contributed by atoms with van der Waals surface area (Å²) in [6.45, 7) is 4.00. The Hall–Kier alpha value is -0.910. The predicted octanol–water partition coefficient (Wildman–Crippen LogP) is 1.09. The Balaban J connectivity index is 3.04. The van der Waals surface area contributed by atoms with Crippen LogP contribution in [0.25, 0.3) is 0 Å². The molecule has 1 atom stereocenters. The number of rotatable bonds is 4. The van der Waals surface area contributed by atoms with Crippen LogP contribution in [-0.2, 0) is 9.84 Å². The molecule has 4 nitrogen and oxygen atoms in total. The molecule has 0 saturated heterocycles. The van der Waals surface area contributed by atoms with Gasteiger partial charge in [0.1, 0.15) is 0 Å². The minimum atomic E-state index is -3.14. The Bertz CT molecular complexity index is 478. The third-order valence-electron chi connectivity index (χ3n) is 3.09. The first-order valence-electron chi connectivity index (χ1n) is 5.43. The molecule has 17 heavy (non-hydrogen) atoms. The number of nitrogens with two attached hydrogens (primary N) is 1. The highest BCUT2D eigenvalue weighted by molar-refractivity contribution is 7.90. The molecule has 1 aromatic rings. The van der Waals surface area contributed by atoms with Crippen LogP contribution >= 0.6 is 0 Å². The van der Waals surface area contributed by atoms with Crippen molar-refractivity contribution in [3.8, 4) is 0 Å². The van der Waals surface area contributed by atoms with Crippen molar-refractivity contribution in [1.29, 1.82) is 0 Å². The summed E-state index contributed by atoms with van der Waals surface area (Å²) in [5.74, 6) is 0. The zero-order valence-corrected chi connectivity index (χ0v) is 11.5. The van der Waals surface area contributed by atoms with Crippen molar-refractivity contribution in [1.82, 2.24) is 5.32 Å². The second-order valence-corrected chi connectivity index (χ2v) is 6.81. The lowest BCUT2D eigenvalue weighted by molar-refractivity contribution is 0.348. The second kappa shape index (κ2) is 4.76. The van der Waals surface area contributed by atoms with Gasteiger partial charge in [0, 0.05) is 17.8 Å². The van der Waals surface area contributed by atoms with E-state index in [1.807, 2.05) is 20.9 Å². The number of hydrogen-bond donors (Lipinski definition) is 2. The van der Waals surface area contributed by atoms with E-state index in [4.69, 9.17) is 5.73 Å². The third kappa shape index (κ3) is 3.28. The van der Waals surface area contributed by atoms with Gasteiger partial charge in [-0.1, -0.05) is 12.1 Å². The normalized spacial score (nSPS) is 14.6. The van der Waals surface area contributed by atoms with E-state index in [1.54, 1.807) is 24.3 Å². The van der Waals surface area contributed by atoms with E-state index in [1.165, 1.54) is 6.26 Å². The Morgan fingerprint density at radius 3 is 2.06 bits per heavy atom. The molecular formula is C12H20N2O2S. The summed E-state index contributed by atoms with van der Waals surface area (Å²) in [6, 6.07) is 6.52. The van der Waals surface area contributed by atoms with Crippen molar-refractivity contribution in [2.24, 2.45) is 5.73 Å². The van der Waals surface area contributed by atoms with Crippen molar-refractivity contribution in [2.75, 3.05) is 13.3 Å². The van der Waals surface area contributed by atoms with Gasteiger partial charge in [-0.15, -0.1) is 0 Å². The van der Waals surface area contributed by atoms with Gasteiger partial charge in [0.15, 0.2) is 9.84 Å². The Morgan fingerprint density at radius 1 is 1.24 bits per heavy atom. The molecule has 1 aromatic carbocycles. The molecule has 1 rings (SSSR count). The molecule has 0 radical (unpaired) electrons. The van der Waals surface area contributed by atoms with Gasteiger partial charge in [-0.25, -0.2) is 8.42 Å². The molecule has 0 fully saturated rings. The van der Waals surface area contributed by atoms with Gasteiger partial charge in [-0.3, -0.25) is 0 Å². The standard InChI is InChI=1S/C12H20N2O2S/c1-12(2,14-3)11(13)9-5-7-10(8-6-9)17(4,15)16/h5-8,11,14H,13H2,1-4H3. The maximum atomic E-state index is 11.3. The zero-order chi connectivity index (χ0) is 13.3. The van der Waals surface area contributed by atoms with Crippen molar-refractivity contribution < 1.29 is 8.42 Å². The molecule has 0 aromatic heterocycles. The van der Waals surface area contributed by atoms with Crippen LogP contribution in [0, 0.1) is 0 Å². The molecule has 96 valence electrons. The number of benzene rings is 1. The monoisotopic (exact) mass is 256 g/mol. The van der Waals surface area contributed by atoms with Crippen LogP contribution in [0.4, 0.5) is 0 Å². The van der Waals surface area contributed by atoms with Gasteiger partial charge in [0.25, 0.3) is 0 Å². The lowest BCUT2D eigenvalue weighted by Crippen LogP contribution is -2.46. The molecule has 0 saturated carbocycles. The molecule has 3 N–H and O–H groups in total. The van der Waals surface area contributed by atoms with E-state index in [2.05, 4.69) is 5.32 Å². The minimum absolute atomic E-state index is 0.193. The van der Waals surface area contributed by atoms with Gasteiger partial charge >= 0.3 is 0 Å². The molecule has 1 unspecified atom stereocenters. The van der Waals surface area contributed by atoms with Gasteiger partial charge in [0.05, 0.1) is 4.90 Å². The third-order valence-corrected chi connectivity index (χ3v) is 4.22. The van der Waals surface area contributed by atoms with Gasteiger partial charge in [-0.2, -0.15) is 0 Å². The van der Waals surface area contributed by atoms with Crippen LogP contribution in [0.1, 0.15) is 25.5 Å². The topological polar surface area (TPSA) is 72.2 Å². The lowest BCUT2D eigenvalue weighted by Gasteiger charge is -2.31. The first kappa shape index (κ1) is 14.2. The fraction of sp³-hybridized carbons (Fsp3) is 0.500. The van der Waals surface area contributed by atoms with E-state index in [-0.39, 0.29) is 11.6 Å². The maximum Gasteiger partial charge on any atom is 0.175 e. The summed E-state index contributed by atoms with van der Waals surface area (Å²) in [5, 5.41) is 3.14. The molecule has 0 aliphatic rings. The van der Waals surface area contributed by atoms with Crippen LogP contribution in [-0.4, -0.2) is 27.3 Å². The van der Waals surface area contributed by atoms with E-state index < -0.39 is 9.84 Å². The zero-order valence-electron chi connectivity index (χ0n) is 10.7. The van der Waals surface area contributed by atoms with Crippen LogP contribution in [0.3, 0.4) is 0 Å². The molecule has 0 aliphatic carbocycles. The molecule has 5 heteroatoms. The average Bonchev–Trinajstić information content (AvgIpc) is 2.27.